The van der Waals surface area contributed by atoms with E-state index in [1.165, 1.54) is 16.8 Å². The molecule has 0 aliphatic heterocycles. The number of benzene rings is 1. The van der Waals surface area contributed by atoms with E-state index < -0.39 is 4.92 Å². The van der Waals surface area contributed by atoms with Gasteiger partial charge in [0.05, 0.1) is 10.5 Å². The van der Waals surface area contributed by atoms with E-state index in [2.05, 4.69) is 5.10 Å². The molecule has 0 spiro atoms. The monoisotopic (exact) mass is 233 g/mol. The molecule has 6 heteroatoms. The number of non-ortho nitro benzene ring substituents is 1. The lowest BCUT2D eigenvalue weighted by Gasteiger charge is -1.97. The number of nitrogens with zero attached hydrogens (tertiary/aromatic N) is 2. The fourth-order valence-corrected chi connectivity index (χ4v) is 1.78. The Morgan fingerprint density at radius 3 is 2.29 bits per heavy atom. The van der Waals surface area contributed by atoms with Crippen molar-refractivity contribution in [3.05, 3.63) is 50.4 Å². The average molecular weight is 233 g/mol. The molecule has 1 heterocycles. The van der Waals surface area contributed by atoms with Crippen molar-refractivity contribution in [3.8, 4) is 11.1 Å². The molecule has 0 atom stereocenters. The van der Waals surface area contributed by atoms with Crippen molar-refractivity contribution in [2.45, 2.75) is 6.92 Å². The van der Waals surface area contributed by atoms with Crippen molar-refractivity contribution in [1.82, 2.24) is 9.78 Å². The number of hydrogen-bond donors (Lipinski definition) is 1. The number of nitro groups is 1. The van der Waals surface area contributed by atoms with Crippen LogP contribution in [0.5, 0.6) is 0 Å². The van der Waals surface area contributed by atoms with Crippen LogP contribution in [0, 0.1) is 17.0 Å². The van der Waals surface area contributed by atoms with Crippen LogP contribution in [0.3, 0.4) is 0 Å². The van der Waals surface area contributed by atoms with E-state index >= 15 is 0 Å². The van der Waals surface area contributed by atoms with Gasteiger partial charge in [0.25, 0.3) is 11.2 Å². The van der Waals surface area contributed by atoms with E-state index in [-0.39, 0.29) is 11.2 Å². The predicted molar refractivity (Wildman–Crippen MR) is 62.9 cm³/mol. The Labute approximate surface area is 96.6 Å². The summed E-state index contributed by atoms with van der Waals surface area (Å²) in [6.45, 7) is 1.79. The van der Waals surface area contributed by atoms with Gasteiger partial charge >= 0.3 is 0 Å². The summed E-state index contributed by atoms with van der Waals surface area (Å²) in [4.78, 5) is 21.9. The molecule has 0 bridgehead atoms. The molecule has 6 nitrogen and oxygen atoms in total. The molecule has 17 heavy (non-hydrogen) atoms. The van der Waals surface area contributed by atoms with Gasteiger partial charge in [-0.15, -0.1) is 0 Å². The zero-order valence-electron chi connectivity index (χ0n) is 9.43. The number of hydrogen-bond acceptors (Lipinski definition) is 3. The molecule has 0 fully saturated rings. The minimum Gasteiger partial charge on any atom is -0.300 e. The first-order valence-electron chi connectivity index (χ1n) is 5.01. The molecule has 0 aliphatic carbocycles. The minimum absolute atomic E-state index is 0.0127. The second-order valence-electron chi connectivity index (χ2n) is 3.78. The van der Waals surface area contributed by atoms with Crippen LogP contribution in [-0.2, 0) is 7.05 Å². The third-order valence-corrected chi connectivity index (χ3v) is 2.60. The molecule has 0 aliphatic rings. The van der Waals surface area contributed by atoms with Gasteiger partial charge in [0.15, 0.2) is 0 Å². The maximum atomic E-state index is 11.8. The van der Waals surface area contributed by atoms with Crippen molar-refractivity contribution in [3.63, 3.8) is 0 Å². The first kappa shape index (κ1) is 11.1. The Balaban J connectivity index is 2.54. The number of aryl methyl sites for hydroxylation is 2. The van der Waals surface area contributed by atoms with Gasteiger partial charge in [0.2, 0.25) is 0 Å². The first-order chi connectivity index (χ1) is 8.00. The van der Waals surface area contributed by atoms with E-state index in [4.69, 9.17) is 0 Å². The lowest BCUT2D eigenvalue weighted by Crippen LogP contribution is -2.13. The maximum Gasteiger partial charge on any atom is 0.274 e. The summed E-state index contributed by atoms with van der Waals surface area (Å²) in [6, 6.07) is 5.94. The molecule has 0 saturated heterocycles. The number of nitrogens with one attached hydrogen (secondary N) is 1. The van der Waals surface area contributed by atoms with Crippen molar-refractivity contribution in [2.24, 2.45) is 7.05 Å². The highest BCUT2D eigenvalue weighted by Gasteiger charge is 2.12. The SMILES string of the molecule is Cc1[nH]n(C)c(=O)c1-c1ccc([N+](=O)[O-])cc1. The van der Waals surface area contributed by atoms with E-state index in [1.54, 1.807) is 26.1 Å². The van der Waals surface area contributed by atoms with Crippen LogP contribution in [0.2, 0.25) is 0 Å². The summed E-state index contributed by atoms with van der Waals surface area (Å²) in [5.74, 6) is 0. The molecule has 1 N–H and O–H groups in total. The van der Waals surface area contributed by atoms with Crippen LogP contribution in [0.4, 0.5) is 5.69 Å². The normalized spacial score (nSPS) is 10.5. The van der Waals surface area contributed by atoms with Gasteiger partial charge in [-0.3, -0.25) is 24.7 Å². The Morgan fingerprint density at radius 1 is 1.29 bits per heavy atom. The summed E-state index contributed by atoms with van der Waals surface area (Å²) in [7, 11) is 1.63. The highest BCUT2D eigenvalue weighted by molar-refractivity contribution is 5.66. The van der Waals surface area contributed by atoms with Gasteiger partial charge in [-0.05, 0) is 24.6 Å². The van der Waals surface area contributed by atoms with Crippen molar-refractivity contribution in [2.75, 3.05) is 0 Å². The Morgan fingerprint density at radius 2 is 1.88 bits per heavy atom. The van der Waals surface area contributed by atoms with Crippen LogP contribution in [0.1, 0.15) is 5.69 Å². The number of H-pyrrole nitrogens is 1. The topological polar surface area (TPSA) is 80.9 Å². The Bertz CT molecular complexity index is 622. The third kappa shape index (κ3) is 1.84. The summed E-state index contributed by atoms with van der Waals surface area (Å²) in [6.07, 6.45) is 0. The zero-order chi connectivity index (χ0) is 12.6. The number of aromatic amines is 1. The van der Waals surface area contributed by atoms with E-state index in [1.807, 2.05) is 0 Å². The molecule has 2 aromatic rings. The van der Waals surface area contributed by atoms with Gasteiger partial charge in [0.1, 0.15) is 0 Å². The molecule has 88 valence electrons. The second kappa shape index (κ2) is 3.89. The standard InChI is InChI=1S/C11H11N3O3/c1-7-10(11(15)13(2)12-7)8-3-5-9(6-4-8)14(16)17/h3-6,12H,1-2H3. The van der Waals surface area contributed by atoms with Gasteiger partial charge in [-0.1, -0.05) is 0 Å². The van der Waals surface area contributed by atoms with Crippen molar-refractivity contribution < 1.29 is 4.92 Å². The lowest BCUT2D eigenvalue weighted by atomic mass is 10.1. The highest BCUT2D eigenvalue weighted by atomic mass is 16.6. The van der Waals surface area contributed by atoms with Crippen LogP contribution < -0.4 is 5.56 Å². The molecule has 2 rings (SSSR count). The molecule has 0 radical (unpaired) electrons. The Hall–Kier alpha value is -2.37. The highest BCUT2D eigenvalue weighted by Crippen LogP contribution is 2.21. The van der Waals surface area contributed by atoms with Crippen LogP contribution in [0.25, 0.3) is 11.1 Å². The number of nitro benzene ring substituents is 1. The molecular formula is C11H11N3O3. The van der Waals surface area contributed by atoms with Crippen molar-refractivity contribution in [1.29, 1.82) is 0 Å². The quantitative estimate of drug-likeness (QED) is 0.631. The molecule has 0 unspecified atom stereocenters. The molecule has 1 aromatic heterocycles. The molecule has 1 aromatic carbocycles. The maximum absolute atomic E-state index is 11.8. The fraction of sp³-hybridized carbons (Fsp3) is 0.182. The first-order valence-corrected chi connectivity index (χ1v) is 5.01. The van der Waals surface area contributed by atoms with E-state index in [0.29, 0.717) is 11.1 Å². The van der Waals surface area contributed by atoms with Gasteiger partial charge in [0, 0.05) is 24.9 Å². The smallest absolute Gasteiger partial charge is 0.274 e. The largest absolute Gasteiger partial charge is 0.300 e. The lowest BCUT2D eigenvalue weighted by molar-refractivity contribution is -0.384. The minimum atomic E-state index is -0.466. The third-order valence-electron chi connectivity index (χ3n) is 2.60. The van der Waals surface area contributed by atoms with E-state index in [0.717, 1.165) is 5.69 Å². The van der Waals surface area contributed by atoms with E-state index in [9.17, 15) is 14.9 Å². The fourth-order valence-electron chi connectivity index (χ4n) is 1.78. The van der Waals surface area contributed by atoms with Gasteiger partial charge in [-0.2, -0.15) is 0 Å². The van der Waals surface area contributed by atoms with Crippen LogP contribution >= 0.6 is 0 Å². The summed E-state index contributed by atoms with van der Waals surface area (Å²) in [5.41, 5.74) is 1.83. The van der Waals surface area contributed by atoms with Gasteiger partial charge in [-0.25, -0.2) is 0 Å². The number of rotatable bonds is 2. The van der Waals surface area contributed by atoms with Gasteiger partial charge < -0.3 is 0 Å². The molecular weight excluding hydrogens is 222 g/mol. The summed E-state index contributed by atoms with van der Waals surface area (Å²) >= 11 is 0. The predicted octanol–water partition coefficient (Wildman–Crippen LogP) is 1.60. The number of aromatic nitrogens is 2. The second-order valence-corrected chi connectivity index (χ2v) is 3.78. The van der Waals surface area contributed by atoms with Crippen molar-refractivity contribution >= 4 is 5.69 Å². The molecule has 0 saturated carbocycles. The van der Waals surface area contributed by atoms with Crippen LogP contribution in [-0.4, -0.2) is 14.7 Å². The molecule has 0 amide bonds. The Kier molecular flexibility index (Phi) is 2.55. The average Bonchev–Trinajstić information content (AvgIpc) is 2.53. The zero-order valence-corrected chi connectivity index (χ0v) is 9.43. The van der Waals surface area contributed by atoms with Crippen LogP contribution in [0.15, 0.2) is 29.1 Å². The summed E-state index contributed by atoms with van der Waals surface area (Å²) < 4.78 is 1.38. The summed E-state index contributed by atoms with van der Waals surface area (Å²) in [5, 5.41) is 13.4.